The van der Waals surface area contributed by atoms with E-state index < -0.39 is 30.0 Å². The number of alkyl halides is 2. The van der Waals surface area contributed by atoms with E-state index in [1.807, 2.05) is 0 Å². The molecule has 1 aromatic heterocycles. The molecular weight excluding hydrogens is 288 g/mol. The fraction of sp³-hybridized carbons (Fsp3) is 0.667. The lowest BCUT2D eigenvalue weighted by molar-refractivity contribution is -0.141. The molecule has 0 amide bonds. The van der Waals surface area contributed by atoms with Gasteiger partial charge in [-0.05, 0) is 6.42 Å². The molecule has 0 aliphatic carbocycles. The Hall–Kier alpha value is -1.58. The first-order valence-corrected chi connectivity index (χ1v) is 6.40. The Bertz CT molecular complexity index is 578. The maximum absolute atomic E-state index is 14.1. The van der Waals surface area contributed by atoms with Crippen molar-refractivity contribution in [3.8, 4) is 0 Å². The lowest BCUT2D eigenvalue weighted by Gasteiger charge is -2.21. The molecular formula is C12H17F2N3O4. The number of aliphatic hydroxyl groups is 1. The van der Waals surface area contributed by atoms with Gasteiger partial charge in [-0.2, -0.15) is 13.8 Å². The van der Waals surface area contributed by atoms with Crippen LogP contribution < -0.4 is 11.4 Å². The molecule has 3 N–H and O–H groups in total. The standard InChI is InChI=1S/C12H17F2N3O4/c1-3-6-4-17(11(19)16-9(6)15)10-12(13,14)8(18)7(21-10)5-20-2/h4,7-8,10,18H,3,5H2,1-2H3,(H2,15,16,19)/t7-,8?,10-/m1/s1. The third-order valence-corrected chi connectivity index (χ3v) is 3.40. The highest BCUT2D eigenvalue weighted by molar-refractivity contribution is 5.36. The number of ether oxygens (including phenoxy) is 2. The van der Waals surface area contributed by atoms with Gasteiger partial charge in [0, 0.05) is 18.9 Å². The summed E-state index contributed by atoms with van der Waals surface area (Å²) in [6.07, 6.45) is -3.65. The fourth-order valence-corrected chi connectivity index (χ4v) is 2.23. The van der Waals surface area contributed by atoms with Crippen molar-refractivity contribution in [2.24, 2.45) is 0 Å². The van der Waals surface area contributed by atoms with E-state index in [0.29, 0.717) is 16.6 Å². The Labute approximate surface area is 119 Å². The highest BCUT2D eigenvalue weighted by Crippen LogP contribution is 2.42. The van der Waals surface area contributed by atoms with Crippen LogP contribution in [0.15, 0.2) is 11.0 Å². The zero-order valence-corrected chi connectivity index (χ0v) is 11.6. The smallest absolute Gasteiger partial charge is 0.351 e. The summed E-state index contributed by atoms with van der Waals surface area (Å²) in [5.74, 6) is -3.65. The van der Waals surface area contributed by atoms with Crippen molar-refractivity contribution >= 4 is 5.82 Å². The minimum absolute atomic E-state index is 0.00551. The second kappa shape index (κ2) is 5.66. The SMILES string of the molecule is CCc1cn([C@@H]2O[C@H](COC)C(O)C2(F)F)c(=O)nc1N. The third-order valence-electron chi connectivity index (χ3n) is 3.40. The molecule has 0 saturated carbocycles. The van der Waals surface area contributed by atoms with Crippen LogP contribution in [0.4, 0.5) is 14.6 Å². The van der Waals surface area contributed by atoms with Crippen LogP contribution in [-0.4, -0.2) is 46.5 Å². The predicted octanol–water partition coefficient (Wildman–Crippen LogP) is -0.0721. The normalized spacial score (nSPS) is 28.0. The van der Waals surface area contributed by atoms with Gasteiger partial charge in [-0.3, -0.25) is 4.57 Å². The summed E-state index contributed by atoms with van der Waals surface area (Å²) in [6, 6.07) is 0. The summed E-state index contributed by atoms with van der Waals surface area (Å²) in [5, 5.41) is 9.64. The van der Waals surface area contributed by atoms with E-state index in [1.165, 1.54) is 13.3 Å². The molecule has 2 rings (SSSR count). The monoisotopic (exact) mass is 305 g/mol. The van der Waals surface area contributed by atoms with Gasteiger partial charge in [-0.1, -0.05) is 6.92 Å². The van der Waals surface area contributed by atoms with Crippen LogP contribution in [0, 0.1) is 0 Å². The van der Waals surface area contributed by atoms with Gasteiger partial charge in [0.15, 0.2) is 6.10 Å². The van der Waals surface area contributed by atoms with Crippen molar-refractivity contribution in [3.63, 3.8) is 0 Å². The summed E-state index contributed by atoms with van der Waals surface area (Å²) in [6.45, 7) is 1.53. The Morgan fingerprint density at radius 1 is 1.62 bits per heavy atom. The molecule has 1 aliphatic heterocycles. The van der Waals surface area contributed by atoms with Gasteiger partial charge in [0.05, 0.1) is 6.61 Å². The molecule has 2 heterocycles. The summed E-state index contributed by atoms with van der Waals surface area (Å²) < 4.78 is 38.7. The first kappa shape index (κ1) is 15.8. The van der Waals surface area contributed by atoms with Crippen LogP contribution in [0.5, 0.6) is 0 Å². The number of halogens is 2. The minimum atomic E-state index is -3.64. The average molecular weight is 305 g/mol. The number of nitrogen functional groups attached to an aromatic ring is 1. The van der Waals surface area contributed by atoms with Crippen molar-refractivity contribution in [2.45, 2.75) is 37.7 Å². The van der Waals surface area contributed by atoms with Gasteiger partial charge in [0.25, 0.3) is 0 Å². The zero-order chi connectivity index (χ0) is 15.8. The number of nitrogens with zero attached hydrogens (tertiary/aromatic N) is 2. The van der Waals surface area contributed by atoms with Gasteiger partial charge in [0.1, 0.15) is 11.9 Å². The molecule has 0 bridgehead atoms. The Morgan fingerprint density at radius 3 is 2.86 bits per heavy atom. The molecule has 1 saturated heterocycles. The highest BCUT2D eigenvalue weighted by atomic mass is 19.3. The number of aromatic nitrogens is 2. The van der Waals surface area contributed by atoms with E-state index in [-0.39, 0.29) is 12.4 Å². The second-order valence-electron chi connectivity index (χ2n) is 4.80. The fourth-order valence-electron chi connectivity index (χ4n) is 2.23. The molecule has 0 spiro atoms. The molecule has 0 aromatic carbocycles. The van der Waals surface area contributed by atoms with Crippen LogP contribution in [0.3, 0.4) is 0 Å². The molecule has 0 radical (unpaired) electrons. The topological polar surface area (TPSA) is 99.6 Å². The van der Waals surface area contributed by atoms with Gasteiger partial charge in [0.2, 0.25) is 6.23 Å². The predicted molar refractivity (Wildman–Crippen MR) is 69.0 cm³/mol. The lowest BCUT2D eigenvalue weighted by atomic mass is 10.1. The number of aryl methyl sites for hydroxylation is 1. The molecule has 1 fully saturated rings. The van der Waals surface area contributed by atoms with Crippen molar-refractivity contribution in [1.82, 2.24) is 9.55 Å². The van der Waals surface area contributed by atoms with Crippen LogP contribution in [-0.2, 0) is 15.9 Å². The van der Waals surface area contributed by atoms with E-state index in [9.17, 15) is 18.7 Å². The first-order chi connectivity index (χ1) is 9.82. The summed E-state index contributed by atoms with van der Waals surface area (Å²) in [4.78, 5) is 15.3. The molecule has 21 heavy (non-hydrogen) atoms. The van der Waals surface area contributed by atoms with Crippen LogP contribution in [0.2, 0.25) is 0 Å². The van der Waals surface area contributed by atoms with Crippen LogP contribution in [0.1, 0.15) is 18.7 Å². The third kappa shape index (κ3) is 2.63. The maximum atomic E-state index is 14.1. The number of anilines is 1. The first-order valence-electron chi connectivity index (χ1n) is 6.40. The Kier molecular flexibility index (Phi) is 4.26. The molecule has 1 aromatic rings. The second-order valence-corrected chi connectivity index (χ2v) is 4.80. The van der Waals surface area contributed by atoms with Gasteiger partial charge in [-0.15, -0.1) is 0 Å². The van der Waals surface area contributed by atoms with Crippen molar-refractivity contribution in [2.75, 3.05) is 19.5 Å². The molecule has 7 nitrogen and oxygen atoms in total. The van der Waals surface area contributed by atoms with E-state index in [1.54, 1.807) is 6.92 Å². The van der Waals surface area contributed by atoms with Crippen molar-refractivity contribution in [3.05, 3.63) is 22.2 Å². The Balaban J connectivity index is 2.44. The quantitative estimate of drug-likeness (QED) is 0.807. The van der Waals surface area contributed by atoms with E-state index >= 15 is 0 Å². The van der Waals surface area contributed by atoms with Crippen molar-refractivity contribution in [1.29, 1.82) is 0 Å². The molecule has 3 atom stereocenters. The summed E-state index contributed by atoms with van der Waals surface area (Å²) >= 11 is 0. The molecule has 118 valence electrons. The molecule has 1 unspecified atom stereocenters. The van der Waals surface area contributed by atoms with E-state index in [0.717, 1.165) is 0 Å². The number of hydrogen-bond acceptors (Lipinski definition) is 6. The van der Waals surface area contributed by atoms with Gasteiger partial charge in [-0.25, -0.2) is 4.79 Å². The van der Waals surface area contributed by atoms with Crippen molar-refractivity contribution < 1.29 is 23.4 Å². The summed E-state index contributed by atoms with van der Waals surface area (Å²) in [5.41, 5.74) is 5.03. The number of aliphatic hydroxyl groups excluding tert-OH is 1. The number of hydrogen-bond donors (Lipinski definition) is 2. The largest absolute Gasteiger partial charge is 0.384 e. The highest BCUT2D eigenvalue weighted by Gasteiger charge is 2.59. The average Bonchev–Trinajstić information content (AvgIpc) is 2.63. The van der Waals surface area contributed by atoms with Crippen LogP contribution in [0.25, 0.3) is 0 Å². The van der Waals surface area contributed by atoms with Crippen LogP contribution >= 0.6 is 0 Å². The number of nitrogens with two attached hydrogens (primary N) is 1. The molecule has 1 aliphatic rings. The summed E-state index contributed by atoms with van der Waals surface area (Å²) in [7, 11) is 1.30. The number of rotatable bonds is 4. The van der Waals surface area contributed by atoms with Gasteiger partial charge < -0.3 is 20.3 Å². The number of methoxy groups -OCH3 is 1. The molecule has 9 heteroatoms. The maximum Gasteiger partial charge on any atom is 0.351 e. The zero-order valence-electron chi connectivity index (χ0n) is 11.6. The Morgan fingerprint density at radius 2 is 2.29 bits per heavy atom. The van der Waals surface area contributed by atoms with Gasteiger partial charge >= 0.3 is 11.6 Å². The lowest BCUT2D eigenvalue weighted by Crippen LogP contribution is -2.42. The van der Waals surface area contributed by atoms with E-state index in [4.69, 9.17) is 15.2 Å². The van der Waals surface area contributed by atoms with E-state index in [2.05, 4.69) is 4.98 Å². The minimum Gasteiger partial charge on any atom is -0.384 e.